The standard InChI is InChI=1S/C4H4FO2S/c1-2-3-4-8(5,6)7/h2-3H,1H2. The van der Waals surface area contributed by atoms with Crippen LogP contribution in [0.1, 0.15) is 0 Å². The predicted molar refractivity (Wildman–Crippen MR) is 28.0 cm³/mol. The molecule has 0 heterocycles. The normalized spacial score (nSPS) is 12.1. The third-order valence-corrected chi connectivity index (χ3v) is 0.744. The van der Waals surface area contributed by atoms with Crippen molar-refractivity contribution in [2.75, 3.05) is 0 Å². The van der Waals surface area contributed by atoms with Gasteiger partial charge < -0.3 is 0 Å². The van der Waals surface area contributed by atoms with Gasteiger partial charge in [-0.1, -0.05) is 12.7 Å². The second kappa shape index (κ2) is 2.61. The van der Waals surface area contributed by atoms with Gasteiger partial charge in [0, 0.05) is 0 Å². The molecule has 0 unspecified atom stereocenters. The Morgan fingerprint density at radius 1 is 1.62 bits per heavy atom. The van der Waals surface area contributed by atoms with Crippen LogP contribution in [0.2, 0.25) is 0 Å². The lowest BCUT2D eigenvalue weighted by Crippen LogP contribution is -1.80. The Morgan fingerprint density at radius 2 is 2.12 bits per heavy atom. The van der Waals surface area contributed by atoms with E-state index in [2.05, 4.69) is 6.58 Å². The van der Waals surface area contributed by atoms with E-state index in [0.717, 1.165) is 12.2 Å². The molecule has 0 saturated carbocycles. The first-order valence-corrected chi connectivity index (χ1v) is 3.11. The van der Waals surface area contributed by atoms with Crippen LogP contribution in [-0.4, -0.2) is 8.42 Å². The van der Waals surface area contributed by atoms with Crippen LogP contribution in [0.5, 0.6) is 0 Å². The molecule has 0 aliphatic heterocycles. The van der Waals surface area contributed by atoms with E-state index in [1.807, 2.05) is 0 Å². The molecule has 0 aromatic heterocycles. The van der Waals surface area contributed by atoms with E-state index >= 15 is 0 Å². The molecule has 0 aliphatic carbocycles. The van der Waals surface area contributed by atoms with Crippen LogP contribution >= 0.6 is 0 Å². The number of hydrogen-bond acceptors (Lipinski definition) is 2. The molecule has 45 valence electrons. The molecular weight excluding hydrogens is 131 g/mol. The van der Waals surface area contributed by atoms with Gasteiger partial charge in [0.1, 0.15) is 5.41 Å². The van der Waals surface area contributed by atoms with Crippen LogP contribution in [0.25, 0.3) is 0 Å². The summed E-state index contributed by atoms with van der Waals surface area (Å²) in [5.74, 6) is 0. The van der Waals surface area contributed by atoms with E-state index in [4.69, 9.17) is 0 Å². The molecule has 1 radical (unpaired) electrons. The van der Waals surface area contributed by atoms with Crippen LogP contribution in [0.4, 0.5) is 3.89 Å². The van der Waals surface area contributed by atoms with Crippen molar-refractivity contribution < 1.29 is 12.3 Å². The zero-order valence-electron chi connectivity index (χ0n) is 3.96. The highest BCUT2D eigenvalue weighted by Crippen LogP contribution is 1.89. The number of rotatable bonds is 2. The highest BCUT2D eigenvalue weighted by atomic mass is 32.3. The van der Waals surface area contributed by atoms with Crippen LogP contribution < -0.4 is 0 Å². The molecule has 0 aromatic rings. The van der Waals surface area contributed by atoms with E-state index in [0.29, 0.717) is 0 Å². The van der Waals surface area contributed by atoms with Crippen molar-refractivity contribution in [2.45, 2.75) is 0 Å². The summed E-state index contributed by atoms with van der Waals surface area (Å²) >= 11 is 0. The van der Waals surface area contributed by atoms with E-state index in [1.165, 1.54) is 5.41 Å². The predicted octanol–water partition coefficient (Wildman–Crippen LogP) is 0.789. The van der Waals surface area contributed by atoms with E-state index in [-0.39, 0.29) is 0 Å². The molecule has 0 spiro atoms. The van der Waals surface area contributed by atoms with Crippen molar-refractivity contribution >= 4 is 10.2 Å². The van der Waals surface area contributed by atoms with Crippen molar-refractivity contribution in [3.05, 3.63) is 24.1 Å². The largest absolute Gasteiger partial charge is 0.333 e. The van der Waals surface area contributed by atoms with Crippen LogP contribution in [0, 0.1) is 5.41 Å². The molecule has 0 rings (SSSR count). The second-order valence-corrected chi connectivity index (χ2v) is 2.07. The van der Waals surface area contributed by atoms with Gasteiger partial charge in [0.15, 0.2) is 0 Å². The quantitative estimate of drug-likeness (QED) is 0.414. The fourth-order valence-electron chi connectivity index (χ4n) is 0.129. The summed E-state index contributed by atoms with van der Waals surface area (Å²) in [6.45, 7) is 3.11. The maximum atomic E-state index is 11.4. The number of halogens is 1. The van der Waals surface area contributed by atoms with Crippen molar-refractivity contribution in [1.82, 2.24) is 0 Å². The SMILES string of the molecule is C=C/C=[C]\S(=O)(=O)F. The van der Waals surface area contributed by atoms with Crippen molar-refractivity contribution in [2.24, 2.45) is 0 Å². The van der Waals surface area contributed by atoms with Gasteiger partial charge in [-0.15, -0.1) is 3.89 Å². The molecule has 0 saturated heterocycles. The monoisotopic (exact) mass is 135 g/mol. The van der Waals surface area contributed by atoms with Crippen LogP contribution in [-0.2, 0) is 10.2 Å². The summed E-state index contributed by atoms with van der Waals surface area (Å²) < 4.78 is 30.4. The zero-order valence-corrected chi connectivity index (χ0v) is 4.78. The van der Waals surface area contributed by atoms with Crippen molar-refractivity contribution in [3.63, 3.8) is 0 Å². The minimum absolute atomic E-state index is 0.884. The maximum Gasteiger partial charge on any atom is 0.333 e. The highest BCUT2D eigenvalue weighted by Gasteiger charge is 1.96. The molecule has 0 bridgehead atoms. The average molecular weight is 135 g/mol. The third kappa shape index (κ3) is 5.36. The smallest absolute Gasteiger partial charge is 0.189 e. The third-order valence-electron chi connectivity index (χ3n) is 0.327. The Hall–Kier alpha value is -0.640. The van der Waals surface area contributed by atoms with Gasteiger partial charge in [0.2, 0.25) is 0 Å². The van der Waals surface area contributed by atoms with Gasteiger partial charge in [-0.3, -0.25) is 0 Å². The summed E-state index contributed by atoms with van der Waals surface area (Å²) in [5.41, 5.74) is 0. The molecule has 0 fully saturated rings. The topological polar surface area (TPSA) is 34.1 Å². The lowest BCUT2D eigenvalue weighted by Gasteiger charge is -1.71. The Morgan fingerprint density at radius 3 is 2.25 bits per heavy atom. The Labute approximate surface area is 47.5 Å². The van der Waals surface area contributed by atoms with Crippen LogP contribution in [0.3, 0.4) is 0 Å². The van der Waals surface area contributed by atoms with Gasteiger partial charge in [-0.25, -0.2) is 0 Å². The van der Waals surface area contributed by atoms with E-state index < -0.39 is 10.2 Å². The lowest BCUT2D eigenvalue weighted by molar-refractivity contribution is 0.561. The summed E-state index contributed by atoms with van der Waals surface area (Å²) in [4.78, 5) is 0. The first kappa shape index (κ1) is 7.36. The highest BCUT2D eigenvalue weighted by molar-refractivity contribution is 7.88. The molecule has 0 aromatic carbocycles. The maximum absolute atomic E-state index is 11.4. The molecule has 0 N–H and O–H groups in total. The van der Waals surface area contributed by atoms with Gasteiger partial charge in [-0.05, 0) is 6.08 Å². The molecule has 0 amide bonds. The minimum Gasteiger partial charge on any atom is -0.189 e. The number of allylic oxidation sites excluding steroid dienone is 2. The van der Waals surface area contributed by atoms with Crippen molar-refractivity contribution in [1.29, 1.82) is 0 Å². The summed E-state index contributed by atoms with van der Waals surface area (Å²) in [7, 11) is -4.56. The summed E-state index contributed by atoms with van der Waals surface area (Å²) in [6.07, 6.45) is 2.01. The van der Waals surface area contributed by atoms with Crippen molar-refractivity contribution in [3.8, 4) is 0 Å². The molecule has 4 heteroatoms. The Balaban J connectivity index is 4.12. The van der Waals surface area contributed by atoms with Crippen LogP contribution in [0.15, 0.2) is 18.7 Å². The first-order chi connectivity index (χ1) is 3.56. The Bertz CT molecular complexity index is 190. The van der Waals surface area contributed by atoms with Gasteiger partial charge >= 0.3 is 10.2 Å². The molecule has 2 nitrogen and oxygen atoms in total. The van der Waals surface area contributed by atoms with E-state index in [1.54, 1.807) is 0 Å². The van der Waals surface area contributed by atoms with E-state index in [9.17, 15) is 12.3 Å². The Kier molecular flexibility index (Phi) is 2.41. The second-order valence-electron chi connectivity index (χ2n) is 0.958. The summed E-state index contributed by atoms with van der Waals surface area (Å²) in [6, 6.07) is 0. The zero-order chi connectivity index (χ0) is 6.62. The fraction of sp³-hybridized carbons (Fsp3) is 0. The first-order valence-electron chi connectivity index (χ1n) is 1.72. The summed E-state index contributed by atoms with van der Waals surface area (Å²) in [5, 5.41) is 1.43. The molecule has 0 aliphatic rings. The molecular formula is C4H4FO2S. The lowest BCUT2D eigenvalue weighted by atomic mass is 10.6. The van der Waals surface area contributed by atoms with Gasteiger partial charge in [-0.2, -0.15) is 8.42 Å². The van der Waals surface area contributed by atoms with Gasteiger partial charge in [0.25, 0.3) is 0 Å². The molecule has 0 atom stereocenters. The minimum atomic E-state index is -4.56. The fourth-order valence-corrected chi connectivity index (χ4v) is 0.388. The average Bonchev–Trinajstić information content (AvgIpc) is 1.59. The number of hydrogen-bond donors (Lipinski definition) is 0. The van der Waals surface area contributed by atoms with Gasteiger partial charge in [0.05, 0.1) is 0 Å². The molecule has 8 heavy (non-hydrogen) atoms.